The summed E-state index contributed by atoms with van der Waals surface area (Å²) in [6.45, 7) is 0.458. The number of rotatable bonds is 6. The second-order valence-corrected chi connectivity index (χ2v) is 12.9. The summed E-state index contributed by atoms with van der Waals surface area (Å²) in [6, 6.07) is 16.8. The Kier molecular flexibility index (Phi) is 6.63. The average Bonchev–Trinajstić information content (AvgIpc) is 3.49. The van der Waals surface area contributed by atoms with Crippen molar-refractivity contribution in [2.24, 2.45) is 5.92 Å². The van der Waals surface area contributed by atoms with Crippen LogP contribution in [0.2, 0.25) is 0 Å². The van der Waals surface area contributed by atoms with Crippen molar-refractivity contribution in [1.29, 1.82) is 0 Å². The third kappa shape index (κ3) is 4.39. The molecule has 7 nitrogen and oxygen atoms in total. The number of carbonyl (C=O) groups excluding carboxylic acids is 1. The Hall–Kier alpha value is -3.36. The third-order valence-corrected chi connectivity index (χ3v) is 11.2. The Bertz CT molecular complexity index is 1480. The lowest BCUT2D eigenvalue weighted by Gasteiger charge is -2.60. The molecule has 2 fully saturated rings. The number of likely N-dealkylation sites (N-methyl/N-ethyl adjacent to an activating group) is 1. The molecule has 2 bridgehead atoms. The maximum atomic E-state index is 13.8. The number of nitrogens with zero attached hydrogens (tertiary/aromatic N) is 2. The maximum Gasteiger partial charge on any atom is 0.246 e. The van der Waals surface area contributed by atoms with Crippen LogP contribution >= 0.6 is 0 Å². The molecule has 1 amide bonds. The fourth-order valence-corrected chi connectivity index (χ4v) is 8.96. The molecule has 0 N–H and O–H groups in total. The fourth-order valence-electron chi connectivity index (χ4n) is 7.28. The van der Waals surface area contributed by atoms with Crippen molar-refractivity contribution in [3.8, 4) is 5.75 Å². The number of fused-ring (bicyclic) bond motifs is 1. The van der Waals surface area contributed by atoms with E-state index >= 15 is 0 Å². The number of furan rings is 1. The van der Waals surface area contributed by atoms with E-state index in [1.807, 2.05) is 30.1 Å². The van der Waals surface area contributed by atoms with Crippen molar-refractivity contribution in [2.75, 3.05) is 20.7 Å². The minimum atomic E-state index is -3.63. The van der Waals surface area contributed by atoms with E-state index in [9.17, 15) is 13.2 Å². The fraction of sp³-hybridized carbons (Fsp3) is 0.387. The van der Waals surface area contributed by atoms with Crippen molar-refractivity contribution < 1.29 is 22.4 Å². The van der Waals surface area contributed by atoms with Crippen LogP contribution in [-0.2, 0) is 26.7 Å². The Morgan fingerprint density at radius 2 is 1.97 bits per heavy atom. The van der Waals surface area contributed by atoms with Gasteiger partial charge < -0.3 is 14.1 Å². The molecule has 1 saturated carbocycles. The molecule has 1 aliphatic heterocycles. The van der Waals surface area contributed by atoms with Crippen LogP contribution in [0, 0.1) is 5.92 Å². The van der Waals surface area contributed by atoms with Crippen LogP contribution in [0.3, 0.4) is 0 Å². The summed E-state index contributed by atoms with van der Waals surface area (Å²) in [5, 5.41) is 0. The minimum absolute atomic E-state index is 0.0432. The molecule has 8 heteroatoms. The third-order valence-electron chi connectivity index (χ3n) is 9.22. The monoisotopic (exact) mass is 546 g/mol. The van der Waals surface area contributed by atoms with E-state index in [0.717, 1.165) is 30.6 Å². The number of amides is 1. The van der Waals surface area contributed by atoms with E-state index in [-0.39, 0.29) is 29.3 Å². The van der Waals surface area contributed by atoms with Crippen molar-refractivity contribution >= 4 is 22.0 Å². The number of hydrogen-bond acceptors (Lipinski definition) is 5. The molecule has 0 unspecified atom stereocenters. The molecule has 1 aromatic heterocycles. The second kappa shape index (κ2) is 9.99. The molecule has 0 spiro atoms. The van der Waals surface area contributed by atoms with Gasteiger partial charge in [0.15, 0.2) is 0 Å². The van der Waals surface area contributed by atoms with Crippen LogP contribution in [0.5, 0.6) is 5.75 Å². The zero-order chi connectivity index (χ0) is 27.2. The summed E-state index contributed by atoms with van der Waals surface area (Å²) in [4.78, 5) is 15.4. The highest BCUT2D eigenvalue weighted by Gasteiger charge is 2.58. The van der Waals surface area contributed by atoms with Crippen molar-refractivity contribution in [3.63, 3.8) is 0 Å². The van der Waals surface area contributed by atoms with Gasteiger partial charge in [0.05, 0.1) is 24.5 Å². The van der Waals surface area contributed by atoms with Crippen LogP contribution in [0.15, 0.2) is 82.5 Å². The predicted octanol–water partition coefficient (Wildman–Crippen LogP) is 4.89. The van der Waals surface area contributed by atoms with Gasteiger partial charge in [0.1, 0.15) is 5.75 Å². The summed E-state index contributed by atoms with van der Waals surface area (Å²) in [6.07, 6.45) is 10.5. The smallest absolute Gasteiger partial charge is 0.246 e. The van der Waals surface area contributed by atoms with Gasteiger partial charge in [0, 0.05) is 42.7 Å². The van der Waals surface area contributed by atoms with Gasteiger partial charge in [0.2, 0.25) is 15.9 Å². The number of carbonyl (C=O) groups is 1. The molecular weight excluding hydrogens is 512 g/mol. The largest absolute Gasteiger partial charge is 0.497 e. The number of benzene rings is 2. The number of sulfonamides is 1. The zero-order valence-electron chi connectivity index (χ0n) is 22.3. The summed E-state index contributed by atoms with van der Waals surface area (Å²) >= 11 is 0. The molecule has 4 atom stereocenters. The molecule has 1 saturated heterocycles. The second-order valence-electron chi connectivity index (χ2n) is 11.0. The molecule has 2 aliphatic carbocycles. The molecule has 0 radical (unpaired) electrons. The van der Waals surface area contributed by atoms with E-state index in [4.69, 9.17) is 9.15 Å². The lowest BCUT2D eigenvalue weighted by Crippen LogP contribution is -2.64. The normalized spacial score (nSPS) is 26.6. The predicted molar refractivity (Wildman–Crippen MR) is 149 cm³/mol. The van der Waals surface area contributed by atoms with Gasteiger partial charge in [0.25, 0.3) is 0 Å². The lowest BCUT2D eigenvalue weighted by molar-refractivity contribution is -0.128. The number of piperidine rings is 1. The Morgan fingerprint density at radius 3 is 2.72 bits per heavy atom. The van der Waals surface area contributed by atoms with Gasteiger partial charge >= 0.3 is 0 Å². The summed E-state index contributed by atoms with van der Waals surface area (Å²) in [5.41, 5.74) is 3.07. The molecule has 3 aromatic rings. The van der Waals surface area contributed by atoms with Gasteiger partial charge in [-0.1, -0.05) is 24.3 Å². The SMILES string of the molecule is COc1ccc2c(c1)[C@]13CCN(S(=O)(=O)c4ccccc4)[C@H](C2)[C@@H]1CC[C@@H](N(C)C(=O)/C=C/c1ccoc1)C3. The van der Waals surface area contributed by atoms with Gasteiger partial charge in [-0.25, -0.2) is 8.42 Å². The molecular formula is C31H34N2O5S. The van der Waals surface area contributed by atoms with Crippen LogP contribution in [0.1, 0.15) is 42.4 Å². The van der Waals surface area contributed by atoms with Crippen LogP contribution in [-0.4, -0.2) is 56.3 Å². The number of hydrogen-bond donors (Lipinski definition) is 0. The maximum absolute atomic E-state index is 13.8. The quantitative estimate of drug-likeness (QED) is 0.412. The van der Waals surface area contributed by atoms with Crippen molar-refractivity contribution in [1.82, 2.24) is 9.21 Å². The van der Waals surface area contributed by atoms with E-state index in [2.05, 4.69) is 12.1 Å². The van der Waals surface area contributed by atoms with Gasteiger partial charge in [-0.05, 0) is 85.6 Å². The summed E-state index contributed by atoms with van der Waals surface area (Å²) in [7, 11) is -0.0660. The standard InChI is InChI=1S/C31H34N2O5S/c1-32(30(34)13-8-22-14-17-38-21-22)24-10-12-27-29-18-23-9-11-25(37-2)19-28(23)31(27,20-24)15-16-33(29)39(35,36)26-6-4-3-5-7-26/h3-9,11,13-14,17,19,21,24,27,29H,10,12,15-16,18,20H2,1-2H3/b13-8+/t24-,27+,29-,31+/m1/s1. The Morgan fingerprint density at radius 1 is 1.15 bits per heavy atom. The van der Waals surface area contributed by atoms with Gasteiger partial charge in [-0.15, -0.1) is 0 Å². The summed E-state index contributed by atoms with van der Waals surface area (Å²) < 4.78 is 40.2. The average molecular weight is 547 g/mol. The van der Waals surface area contributed by atoms with E-state index in [1.54, 1.807) is 60.4 Å². The highest BCUT2D eigenvalue weighted by atomic mass is 32.2. The highest BCUT2D eigenvalue weighted by molar-refractivity contribution is 7.89. The Labute approximate surface area is 230 Å². The zero-order valence-corrected chi connectivity index (χ0v) is 23.1. The van der Waals surface area contributed by atoms with E-state index < -0.39 is 10.0 Å². The van der Waals surface area contributed by atoms with Gasteiger partial charge in [-0.2, -0.15) is 4.31 Å². The molecule has 204 valence electrons. The lowest BCUT2D eigenvalue weighted by atomic mass is 9.52. The van der Waals surface area contributed by atoms with Crippen molar-refractivity contribution in [2.45, 2.75) is 54.5 Å². The number of ether oxygens (including phenoxy) is 1. The van der Waals surface area contributed by atoms with Gasteiger partial charge in [-0.3, -0.25) is 4.79 Å². The van der Waals surface area contributed by atoms with Crippen LogP contribution < -0.4 is 4.74 Å². The topological polar surface area (TPSA) is 80.1 Å². The van der Waals surface area contributed by atoms with Crippen LogP contribution in [0.25, 0.3) is 6.08 Å². The molecule has 2 aromatic carbocycles. The van der Waals surface area contributed by atoms with E-state index in [0.29, 0.717) is 24.3 Å². The first-order chi connectivity index (χ1) is 18.8. The summed E-state index contributed by atoms with van der Waals surface area (Å²) in [5.74, 6) is 0.943. The minimum Gasteiger partial charge on any atom is -0.497 e. The first kappa shape index (κ1) is 25.9. The highest BCUT2D eigenvalue weighted by Crippen LogP contribution is 2.57. The molecule has 6 rings (SSSR count). The number of methoxy groups -OCH3 is 1. The molecule has 39 heavy (non-hydrogen) atoms. The molecule has 2 heterocycles. The Balaban J connectivity index is 1.35. The van der Waals surface area contributed by atoms with Crippen LogP contribution in [0.4, 0.5) is 0 Å². The van der Waals surface area contributed by atoms with E-state index in [1.165, 1.54) is 11.1 Å². The molecule has 3 aliphatic rings. The first-order valence-corrected chi connectivity index (χ1v) is 15.0. The first-order valence-electron chi connectivity index (χ1n) is 13.5. The van der Waals surface area contributed by atoms with Crippen molar-refractivity contribution in [3.05, 3.63) is 89.9 Å².